The molecule has 0 aliphatic carbocycles. The highest BCUT2D eigenvalue weighted by atomic mass is 32.1. The van der Waals surface area contributed by atoms with Crippen molar-refractivity contribution < 1.29 is 18.7 Å². The van der Waals surface area contributed by atoms with E-state index in [0.29, 0.717) is 10.6 Å². The maximum Gasteiger partial charge on any atom is 0.350 e. The largest absolute Gasteiger partial charge is 0.451 e. The Morgan fingerprint density at radius 3 is 2.52 bits per heavy atom. The number of ether oxygens (including phenoxy) is 1. The summed E-state index contributed by atoms with van der Waals surface area (Å²) in [6, 6.07) is 13.1. The van der Waals surface area contributed by atoms with Crippen molar-refractivity contribution in [2.45, 2.75) is 13.0 Å². The van der Waals surface area contributed by atoms with Crippen LogP contribution in [0.3, 0.4) is 0 Å². The number of aryl methyl sites for hydroxylation is 1. The lowest BCUT2D eigenvalue weighted by atomic mass is 10.1. The zero-order valence-corrected chi connectivity index (χ0v) is 18.8. The van der Waals surface area contributed by atoms with E-state index >= 15 is 0 Å². The van der Waals surface area contributed by atoms with E-state index in [4.69, 9.17) is 4.74 Å². The van der Waals surface area contributed by atoms with Gasteiger partial charge >= 0.3 is 5.97 Å². The van der Waals surface area contributed by atoms with Gasteiger partial charge in [-0.1, -0.05) is 24.3 Å². The van der Waals surface area contributed by atoms with Gasteiger partial charge in [0.1, 0.15) is 15.7 Å². The van der Waals surface area contributed by atoms with E-state index in [9.17, 15) is 14.0 Å². The first-order valence-electron chi connectivity index (χ1n) is 9.28. The van der Waals surface area contributed by atoms with Crippen LogP contribution in [0, 0.1) is 12.7 Å². The lowest BCUT2D eigenvalue weighted by molar-refractivity contribution is -0.124. The smallest absolute Gasteiger partial charge is 0.350 e. The maximum absolute atomic E-state index is 13.3. The van der Waals surface area contributed by atoms with Crippen molar-refractivity contribution in [1.29, 1.82) is 0 Å². The molecule has 3 heterocycles. The monoisotopic (exact) mass is 472 g/mol. The zero-order valence-electron chi connectivity index (χ0n) is 16.3. The molecule has 1 aromatic carbocycles. The quantitative estimate of drug-likeness (QED) is 0.364. The van der Waals surface area contributed by atoms with Gasteiger partial charge in [0.05, 0.1) is 16.6 Å². The highest BCUT2D eigenvalue weighted by molar-refractivity contribution is 7.22. The Hall–Kier alpha value is -2.88. The van der Waals surface area contributed by atoms with Crippen LogP contribution in [0.15, 0.2) is 59.3 Å². The van der Waals surface area contributed by atoms with Crippen molar-refractivity contribution in [3.63, 3.8) is 0 Å². The summed E-state index contributed by atoms with van der Waals surface area (Å²) in [6.45, 7) is 1.32. The molecule has 158 valence electrons. The molecular formula is C22H17FN2O3S3. The van der Waals surface area contributed by atoms with Crippen LogP contribution in [0.2, 0.25) is 0 Å². The first-order chi connectivity index (χ1) is 15.0. The van der Waals surface area contributed by atoms with E-state index in [0.717, 1.165) is 20.3 Å². The van der Waals surface area contributed by atoms with Crippen molar-refractivity contribution in [2.75, 3.05) is 6.61 Å². The minimum atomic E-state index is -0.581. The summed E-state index contributed by atoms with van der Waals surface area (Å²) in [6.07, 6.45) is 0. The number of amides is 1. The first-order valence-corrected chi connectivity index (χ1v) is 11.9. The lowest BCUT2D eigenvalue weighted by Gasteiger charge is -2.18. The van der Waals surface area contributed by atoms with Gasteiger partial charge in [-0.05, 0) is 47.5 Å². The van der Waals surface area contributed by atoms with Crippen LogP contribution in [0.25, 0.3) is 9.88 Å². The second kappa shape index (κ2) is 9.51. The number of aromatic nitrogens is 1. The SMILES string of the molecule is Cc1nc(-c2cccs2)sc1C(=O)OCC(=O)NC(c1ccc(F)cc1)c1cccs1. The van der Waals surface area contributed by atoms with Gasteiger partial charge in [0.25, 0.3) is 5.91 Å². The second-order valence-electron chi connectivity index (χ2n) is 6.55. The molecule has 0 saturated heterocycles. The van der Waals surface area contributed by atoms with Gasteiger partial charge in [-0.2, -0.15) is 0 Å². The molecule has 0 bridgehead atoms. The van der Waals surface area contributed by atoms with Gasteiger partial charge in [0.15, 0.2) is 6.61 Å². The fraction of sp³-hybridized carbons (Fsp3) is 0.136. The van der Waals surface area contributed by atoms with E-state index in [1.807, 2.05) is 35.0 Å². The Labute approximate surface area is 190 Å². The standard InChI is InChI=1S/C22H17FN2O3S3/c1-13-20(31-21(24-13)17-5-3-11-30-17)22(27)28-12-18(26)25-19(16-4-2-10-29-16)14-6-8-15(23)9-7-14/h2-11,19H,12H2,1H3,(H,25,26). The molecule has 4 rings (SSSR count). The van der Waals surface area contributed by atoms with E-state index in [1.165, 1.54) is 34.8 Å². The van der Waals surface area contributed by atoms with Crippen LogP contribution in [0.4, 0.5) is 4.39 Å². The van der Waals surface area contributed by atoms with Crippen molar-refractivity contribution >= 4 is 45.9 Å². The molecule has 0 aliphatic heterocycles. The molecule has 9 heteroatoms. The number of halogens is 1. The van der Waals surface area contributed by atoms with Crippen LogP contribution in [-0.2, 0) is 9.53 Å². The Bertz CT molecular complexity index is 1170. The number of nitrogens with zero attached hydrogens (tertiary/aromatic N) is 1. The van der Waals surface area contributed by atoms with Crippen LogP contribution in [0.5, 0.6) is 0 Å². The summed E-state index contributed by atoms with van der Waals surface area (Å²) in [5.41, 5.74) is 1.31. The fourth-order valence-corrected chi connectivity index (χ4v) is 5.48. The number of esters is 1. The van der Waals surface area contributed by atoms with Gasteiger partial charge in [-0.25, -0.2) is 14.2 Å². The summed E-state index contributed by atoms with van der Waals surface area (Å²) >= 11 is 4.26. The summed E-state index contributed by atoms with van der Waals surface area (Å²) in [5, 5.41) is 7.46. The molecule has 1 N–H and O–H groups in total. The minimum absolute atomic E-state index is 0.351. The molecular weight excluding hydrogens is 455 g/mol. The Balaban J connectivity index is 1.42. The van der Waals surface area contributed by atoms with Crippen LogP contribution < -0.4 is 5.32 Å². The molecule has 0 saturated carbocycles. The topological polar surface area (TPSA) is 68.3 Å². The molecule has 4 aromatic rings. The number of thiophene rings is 2. The number of thiazole rings is 1. The molecule has 3 aromatic heterocycles. The van der Waals surface area contributed by atoms with Gasteiger partial charge in [-0.3, -0.25) is 4.79 Å². The molecule has 0 aliphatic rings. The maximum atomic E-state index is 13.3. The van der Waals surface area contributed by atoms with E-state index in [-0.39, 0.29) is 5.82 Å². The number of hydrogen-bond donors (Lipinski definition) is 1. The third-order valence-corrected chi connectivity index (χ3v) is 7.50. The summed E-state index contributed by atoms with van der Waals surface area (Å²) in [5.74, 6) is -1.38. The van der Waals surface area contributed by atoms with Crippen molar-refractivity contribution in [3.05, 3.63) is 86.1 Å². The zero-order chi connectivity index (χ0) is 21.8. The molecule has 0 spiro atoms. The molecule has 0 radical (unpaired) electrons. The fourth-order valence-electron chi connectivity index (χ4n) is 2.92. The van der Waals surface area contributed by atoms with E-state index in [1.54, 1.807) is 30.4 Å². The summed E-state index contributed by atoms with van der Waals surface area (Å²) < 4.78 is 18.5. The molecule has 0 fully saturated rings. The normalized spacial score (nSPS) is 11.8. The molecule has 31 heavy (non-hydrogen) atoms. The summed E-state index contributed by atoms with van der Waals surface area (Å²) in [7, 11) is 0. The van der Waals surface area contributed by atoms with Crippen LogP contribution >= 0.6 is 34.0 Å². The van der Waals surface area contributed by atoms with Crippen molar-refractivity contribution in [2.24, 2.45) is 0 Å². The van der Waals surface area contributed by atoms with Gasteiger partial charge in [-0.15, -0.1) is 34.0 Å². The number of nitrogens with one attached hydrogen (secondary N) is 1. The number of carbonyl (C=O) groups is 2. The van der Waals surface area contributed by atoms with E-state index < -0.39 is 24.5 Å². The first kappa shape index (κ1) is 21.4. The lowest BCUT2D eigenvalue weighted by Crippen LogP contribution is -2.32. The highest BCUT2D eigenvalue weighted by Gasteiger charge is 2.21. The average Bonchev–Trinajstić information content (AvgIpc) is 3.52. The third kappa shape index (κ3) is 5.07. The van der Waals surface area contributed by atoms with E-state index in [2.05, 4.69) is 10.3 Å². The van der Waals surface area contributed by atoms with Crippen molar-refractivity contribution in [1.82, 2.24) is 10.3 Å². The Morgan fingerprint density at radius 1 is 1.10 bits per heavy atom. The molecule has 1 amide bonds. The molecule has 1 atom stereocenters. The van der Waals surface area contributed by atoms with Gasteiger partial charge in [0, 0.05) is 4.88 Å². The number of benzene rings is 1. The highest BCUT2D eigenvalue weighted by Crippen LogP contribution is 2.31. The predicted octanol–water partition coefficient (Wildman–Crippen LogP) is 5.44. The van der Waals surface area contributed by atoms with Gasteiger partial charge in [0.2, 0.25) is 0 Å². The number of rotatable bonds is 7. The average molecular weight is 473 g/mol. The Morgan fingerprint density at radius 2 is 1.84 bits per heavy atom. The molecule has 1 unspecified atom stereocenters. The van der Waals surface area contributed by atoms with Crippen LogP contribution in [0.1, 0.15) is 31.8 Å². The third-order valence-electron chi connectivity index (χ3n) is 4.38. The summed E-state index contributed by atoms with van der Waals surface area (Å²) in [4.78, 5) is 31.7. The molecule has 5 nitrogen and oxygen atoms in total. The second-order valence-corrected chi connectivity index (χ2v) is 9.48. The minimum Gasteiger partial charge on any atom is -0.451 e. The Kier molecular flexibility index (Phi) is 6.55. The predicted molar refractivity (Wildman–Crippen MR) is 121 cm³/mol. The number of carbonyl (C=O) groups excluding carboxylic acids is 2. The van der Waals surface area contributed by atoms with Gasteiger partial charge < -0.3 is 10.1 Å². The van der Waals surface area contributed by atoms with Crippen molar-refractivity contribution in [3.8, 4) is 9.88 Å². The van der Waals surface area contributed by atoms with Crippen LogP contribution in [-0.4, -0.2) is 23.5 Å². The number of hydrogen-bond acceptors (Lipinski definition) is 7.